The lowest BCUT2D eigenvalue weighted by molar-refractivity contribution is 0.0727. The third-order valence-electron chi connectivity index (χ3n) is 3.35. The van der Waals surface area contributed by atoms with E-state index in [-0.39, 0.29) is 12.5 Å². The van der Waals surface area contributed by atoms with Crippen LogP contribution in [0.3, 0.4) is 0 Å². The second kappa shape index (κ2) is 6.02. The number of β-amino-alcohol motifs (C(OH)–C–C–N with tert-alkyl or cyclic N) is 1. The number of furan rings is 1. The number of nitrogens with zero attached hydrogens (tertiary/aromatic N) is 2. The summed E-state index contributed by atoms with van der Waals surface area (Å²) >= 11 is 0. The fraction of sp³-hybridized carbons (Fsp3) is 0.615. The Morgan fingerprint density at radius 3 is 2.89 bits per heavy atom. The van der Waals surface area contributed by atoms with Crippen molar-refractivity contribution in [2.24, 2.45) is 0 Å². The van der Waals surface area contributed by atoms with Gasteiger partial charge >= 0.3 is 0 Å². The van der Waals surface area contributed by atoms with Gasteiger partial charge in [0, 0.05) is 31.7 Å². The van der Waals surface area contributed by atoms with E-state index in [4.69, 9.17) is 9.52 Å². The smallest absolute Gasteiger partial charge is 0.289 e. The maximum atomic E-state index is 12.3. The number of aryl methyl sites for hydroxylation is 1. The first kappa shape index (κ1) is 13.1. The molecule has 0 bridgehead atoms. The van der Waals surface area contributed by atoms with Gasteiger partial charge in [-0.05, 0) is 26.0 Å². The van der Waals surface area contributed by atoms with Crippen LogP contribution in [0.15, 0.2) is 16.7 Å². The second-order valence-corrected chi connectivity index (χ2v) is 4.64. The summed E-state index contributed by atoms with van der Waals surface area (Å²) < 4.78 is 5.25. The van der Waals surface area contributed by atoms with E-state index < -0.39 is 0 Å². The van der Waals surface area contributed by atoms with Gasteiger partial charge in [0.2, 0.25) is 0 Å². The summed E-state index contributed by atoms with van der Waals surface area (Å²) in [7, 11) is 0. The molecule has 1 aliphatic heterocycles. The highest BCUT2D eigenvalue weighted by atomic mass is 16.3. The van der Waals surface area contributed by atoms with Crippen molar-refractivity contribution in [3.63, 3.8) is 0 Å². The van der Waals surface area contributed by atoms with Crippen molar-refractivity contribution in [3.8, 4) is 0 Å². The monoisotopic (exact) mass is 252 g/mol. The van der Waals surface area contributed by atoms with Gasteiger partial charge in [0.1, 0.15) is 0 Å². The fourth-order valence-electron chi connectivity index (χ4n) is 2.27. The molecule has 0 atom stereocenters. The van der Waals surface area contributed by atoms with Crippen LogP contribution in [0.4, 0.5) is 0 Å². The summed E-state index contributed by atoms with van der Waals surface area (Å²) in [6, 6.07) is 1.81. The Balaban J connectivity index is 1.98. The molecule has 0 spiro atoms. The van der Waals surface area contributed by atoms with Gasteiger partial charge in [-0.1, -0.05) is 0 Å². The summed E-state index contributed by atoms with van der Waals surface area (Å²) in [4.78, 5) is 16.3. The number of amides is 1. The van der Waals surface area contributed by atoms with Crippen molar-refractivity contribution >= 4 is 5.91 Å². The summed E-state index contributed by atoms with van der Waals surface area (Å²) in [5, 5.41) is 8.93. The van der Waals surface area contributed by atoms with E-state index in [1.807, 2.05) is 17.9 Å². The Morgan fingerprint density at radius 1 is 1.39 bits per heavy atom. The van der Waals surface area contributed by atoms with Crippen molar-refractivity contribution in [2.75, 3.05) is 39.3 Å². The molecule has 0 saturated carbocycles. The number of carbonyl (C=O) groups excluding carboxylic acids is 1. The molecule has 1 aromatic heterocycles. The molecule has 5 heteroatoms. The van der Waals surface area contributed by atoms with E-state index in [0.717, 1.165) is 31.6 Å². The molecule has 5 nitrogen and oxygen atoms in total. The van der Waals surface area contributed by atoms with Crippen LogP contribution in [0.25, 0.3) is 0 Å². The average Bonchev–Trinajstić information content (AvgIpc) is 2.64. The molecule has 18 heavy (non-hydrogen) atoms. The topological polar surface area (TPSA) is 56.9 Å². The Labute approximate surface area is 107 Å². The van der Waals surface area contributed by atoms with E-state index in [1.165, 1.54) is 0 Å². The third kappa shape index (κ3) is 2.91. The van der Waals surface area contributed by atoms with E-state index in [1.54, 1.807) is 6.26 Å². The average molecular weight is 252 g/mol. The van der Waals surface area contributed by atoms with Crippen molar-refractivity contribution in [2.45, 2.75) is 13.3 Å². The van der Waals surface area contributed by atoms with Crippen LogP contribution in [0.5, 0.6) is 0 Å². The van der Waals surface area contributed by atoms with Gasteiger partial charge in [-0.25, -0.2) is 0 Å². The molecule has 1 N–H and O–H groups in total. The highest BCUT2D eigenvalue weighted by Crippen LogP contribution is 2.13. The minimum Gasteiger partial charge on any atom is -0.459 e. The lowest BCUT2D eigenvalue weighted by Gasteiger charge is -2.20. The Morgan fingerprint density at radius 2 is 2.22 bits per heavy atom. The highest BCUT2D eigenvalue weighted by Gasteiger charge is 2.23. The van der Waals surface area contributed by atoms with Crippen LogP contribution in [-0.4, -0.2) is 60.1 Å². The molecule has 1 amide bonds. The first-order chi connectivity index (χ1) is 8.72. The molecule has 1 aromatic rings. The van der Waals surface area contributed by atoms with Gasteiger partial charge in [0.15, 0.2) is 5.76 Å². The van der Waals surface area contributed by atoms with Crippen LogP contribution in [0.2, 0.25) is 0 Å². The molecule has 100 valence electrons. The quantitative estimate of drug-likeness (QED) is 0.861. The van der Waals surface area contributed by atoms with E-state index in [0.29, 0.717) is 18.8 Å². The molecule has 1 saturated heterocycles. The van der Waals surface area contributed by atoms with Crippen LogP contribution in [0, 0.1) is 6.92 Å². The zero-order chi connectivity index (χ0) is 13.0. The number of rotatable bonds is 3. The second-order valence-electron chi connectivity index (χ2n) is 4.64. The molecule has 2 heterocycles. The minimum atomic E-state index is -0.0247. The van der Waals surface area contributed by atoms with Gasteiger partial charge < -0.3 is 14.4 Å². The Kier molecular flexibility index (Phi) is 4.38. The Bertz CT molecular complexity index is 403. The number of carbonyl (C=O) groups is 1. The molecule has 0 aromatic carbocycles. The van der Waals surface area contributed by atoms with Crippen molar-refractivity contribution in [3.05, 3.63) is 23.7 Å². The molecular formula is C13H20N2O3. The van der Waals surface area contributed by atoms with E-state index in [9.17, 15) is 4.79 Å². The minimum absolute atomic E-state index is 0.0247. The highest BCUT2D eigenvalue weighted by molar-refractivity contribution is 5.92. The maximum absolute atomic E-state index is 12.3. The summed E-state index contributed by atoms with van der Waals surface area (Å²) in [6.45, 7) is 5.92. The maximum Gasteiger partial charge on any atom is 0.289 e. The molecule has 1 fully saturated rings. The summed E-state index contributed by atoms with van der Waals surface area (Å²) in [5.41, 5.74) is 0.886. The van der Waals surface area contributed by atoms with Crippen LogP contribution in [-0.2, 0) is 0 Å². The standard InChI is InChI=1S/C13H20N2O3/c1-11-3-10-18-12(11)13(17)15-5-2-4-14(6-7-15)8-9-16/h3,10,16H,2,4-9H2,1H3. The summed E-state index contributed by atoms with van der Waals surface area (Å²) in [6.07, 6.45) is 2.49. The number of aliphatic hydroxyl groups excluding tert-OH is 1. The largest absolute Gasteiger partial charge is 0.459 e. The van der Waals surface area contributed by atoms with Gasteiger partial charge in [0.05, 0.1) is 12.9 Å². The fourth-order valence-corrected chi connectivity index (χ4v) is 2.27. The van der Waals surface area contributed by atoms with Gasteiger partial charge in [-0.3, -0.25) is 9.69 Å². The number of hydrogen-bond donors (Lipinski definition) is 1. The first-order valence-corrected chi connectivity index (χ1v) is 6.39. The van der Waals surface area contributed by atoms with Crippen LogP contribution >= 0.6 is 0 Å². The summed E-state index contributed by atoms with van der Waals surface area (Å²) in [5.74, 6) is 0.425. The normalized spacial score (nSPS) is 17.8. The van der Waals surface area contributed by atoms with Gasteiger partial charge in [-0.15, -0.1) is 0 Å². The number of aliphatic hydroxyl groups is 1. The SMILES string of the molecule is Cc1ccoc1C(=O)N1CCCN(CCO)CC1. The van der Waals surface area contributed by atoms with Gasteiger partial charge in [-0.2, -0.15) is 0 Å². The molecule has 0 unspecified atom stereocenters. The number of hydrogen-bond acceptors (Lipinski definition) is 4. The van der Waals surface area contributed by atoms with Crippen molar-refractivity contribution < 1.29 is 14.3 Å². The Hall–Kier alpha value is -1.33. The van der Waals surface area contributed by atoms with Gasteiger partial charge in [0.25, 0.3) is 5.91 Å². The molecule has 1 aliphatic rings. The zero-order valence-corrected chi connectivity index (χ0v) is 10.8. The molecule has 0 radical (unpaired) electrons. The van der Waals surface area contributed by atoms with E-state index >= 15 is 0 Å². The predicted octanol–water partition coefficient (Wildman–Crippen LogP) is 0.728. The lowest BCUT2D eigenvalue weighted by atomic mass is 10.2. The molecule has 0 aliphatic carbocycles. The van der Waals surface area contributed by atoms with Crippen LogP contribution in [0.1, 0.15) is 22.5 Å². The lowest BCUT2D eigenvalue weighted by Crippen LogP contribution is -2.36. The third-order valence-corrected chi connectivity index (χ3v) is 3.35. The van der Waals surface area contributed by atoms with Crippen molar-refractivity contribution in [1.82, 2.24) is 9.80 Å². The van der Waals surface area contributed by atoms with Crippen LogP contribution < -0.4 is 0 Å². The van der Waals surface area contributed by atoms with Crippen molar-refractivity contribution in [1.29, 1.82) is 0 Å². The first-order valence-electron chi connectivity index (χ1n) is 6.39. The van der Waals surface area contributed by atoms with E-state index in [2.05, 4.69) is 4.90 Å². The molecular weight excluding hydrogens is 232 g/mol. The zero-order valence-electron chi connectivity index (χ0n) is 10.8. The predicted molar refractivity (Wildman–Crippen MR) is 67.5 cm³/mol. The molecule has 2 rings (SSSR count).